The van der Waals surface area contributed by atoms with Crippen molar-refractivity contribution in [3.63, 3.8) is 0 Å². The summed E-state index contributed by atoms with van der Waals surface area (Å²) >= 11 is 0. The molecule has 1 aromatic rings. The number of benzene rings is 1. The minimum atomic E-state index is -1.60. The molecule has 0 saturated carbocycles. The molecule has 0 aliphatic heterocycles. The standard InChI is InChI=1S/C14H19NOSi/c1-5-7-14(16-17(2,3)4)13-9-6-8-12(10-13)11-15/h5-6,8-10,14H,1,7H2,2-4H3. The first-order valence-electron chi connectivity index (χ1n) is 5.75. The van der Waals surface area contributed by atoms with E-state index in [1.807, 2.05) is 30.3 Å². The van der Waals surface area contributed by atoms with Crippen molar-refractivity contribution < 1.29 is 4.43 Å². The Morgan fingerprint density at radius 3 is 2.71 bits per heavy atom. The Morgan fingerprint density at radius 1 is 1.47 bits per heavy atom. The van der Waals surface area contributed by atoms with Crippen LogP contribution in [0, 0.1) is 11.3 Å². The van der Waals surface area contributed by atoms with Crippen molar-refractivity contribution in [2.75, 3.05) is 0 Å². The smallest absolute Gasteiger partial charge is 0.184 e. The Labute approximate surface area is 105 Å². The summed E-state index contributed by atoms with van der Waals surface area (Å²) in [5.74, 6) is 0. The second-order valence-corrected chi connectivity index (χ2v) is 9.44. The van der Waals surface area contributed by atoms with Crippen LogP contribution in [0.15, 0.2) is 36.9 Å². The Bertz CT molecular complexity index is 429. The highest BCUT2D eigenvalue weighted by atomic mass is 28.4. The third-order valence-corrected chi connectivity index (χ3v) is 3.26. The molecule has 1 rings (SSSR count). The van der Waals surface area contributed by atoms with Gasteiger partial charge in [0, 0.05) is 0 Å². The minimum absolute atomic E-state index is 0.0208. The van der Waals surface area contributed by atoms with Crippen LogP contribution in [-0.4, -0.2) is 8.32 Å². The Morgan fingerprint density at radius 2 is 2.18 bits per heavy atom. The summed E-state index contributed by atoms with van der Waals surface area (Å²) in [4.78, 5) is 0. The van der Waals surface area contributed by atoms with Crippen molar-refractivity contribution in [2.24, 2.45) is 0 Å². The van der Waals surface area contributed by atoms with Gasteiger partial charge in [0.1, 0.15) is 0 Å². The zero-order valence-corrected chi connectivity index (χ0v) is 11.7. The molecule has 0 aliphatic rings. The largest absolute Gasteiger partial charge is 0.410 e. The van der Waals surface area contributed by atoms with Crippen LogP contribution in [0.4, 0.5) is 0 Å². The molecule has 1 unspecified atom stereocenters. The molecule has 0 bridgehead atoms. The third-order valence-electron chi connectivity index (χ3n) is 2.26. The summed E-state index contributed by atoms with van der Waals surface area (Å²) in [6.45, 7) is 10.3. The molecule has 90 valence electrons. The van der Waals surface area contributed by atoms with Gasteiger partial charge in [0.2, 0.25) is 0 Å². The van der Waals surface area contributed by atoms with Crippen LogP contribution in [-0.2, 0) is 4.43 Å². The van der Waals surface area contributed by atoms with Crippen LogP contribution in [0.1, 0.15) is 23.7 Å². The molecule has 0 fully saturated rings. The van der Waals surface area contributed by atoms with Gasteiger partial charge in [-0.15, -0.1) is 6.58 Å². The number of nitrogens with zero attached hydrogens (tertiary/aromatic N) is 1. The lowest BCUT2D eigenvalue weighted by Gasteiger charge is -2.26. The lowest BCUT2D eigenvalue weighted by molar-refractivity contribution is 0.201. The van der Waals surface area contributed by atoms with Crippen LogP contribution in [0.5, 0.6) is 0 Å². The normalized spacial score (nSPS) is 12.8. The van der Waals surface area contributed by atoms with Gasteiger partial charge in [-0.2, -0.15) is 5.26 Å². The van der Waals surface area contributed by atoms with Crippen molar-refractivity contribution in [1.82, 2.24) is 0 Å². The molecule has 1 atom stereocenters. The molecule has 0 heterocycles. The van der Waals surface area contributed by atoms with E-state index >= 15 is 0 Å². The zero-order chi connectivity index (χ0) is 12.9. The van der Waals surface area contributed by atoms with Gasteiger partial charge < -0.3 is 4.43 Å². The van der Waals surface area contributed by atoms with E-state index in [0.717, 1.165) is 12.0 Å². The maximum Gasteiger partial charge on any atom is 0.184 e. The number of nitriles is 1. The summed E-state index contributed by atoms with van der Waals surface area (Å²) in [5.41, 5.74) is 1.74. The monoisotopic (exact) mass is 245 g/mol. The van der Waals surface area contributed by atoms with Gasteiger partial charge in [0.25, 0.3) is 0 Å². The quantitative estimate of drug-likeness (QED) is 0.579. The molecule has 3 heteroatoms. The number of rotatable bonds is 5. The fraction of sp³-hybridized carbons (Fsp3) is 0.357. The Balaban J connectivity index is 2.97. The third kappa shape index (κ3) is 4.56. The average molecular weight is 245 g/mol. The fourth-order valence-electron chi connectivity index (χ4n) is 1.64. The molecular formula is C14H19NOSi. The van der Waals surface area contributed by atoms with E-state index in [1.165, 1.54) is 0 Å². The van der Waals surface area contributed by atoms with E-state index in [-0.39, 0.29) is 6.10 Å². The molecule has 0 amide bonds. The first kappa shape index (κ1) is 13.7. The number of hydrogen-bond donors (Lipinski definition) is 0. The molecular weight excluding hydrogens is 226 g/mol. The van der Waals surface area contributed by atoms with Crippen molar-refractivity contribution in [3.8, 4) is 6.07 Å². The van der Waals surface area contributed by atoms with Gasteiger partial charge in [-0.1, -0.05) is 18.2 Å². The van der Waals surface area contributed by atoms with Crippen molar-refractivity contribution in [2.45, 2.75) is 32.2 Å². The Kier molecular flexibility index (Phi) is 4.68. The first-order valence-corrected chi connectivity index (χ1v) is 9.16. The van der Waals surface area contributed by atoms with Crippen LogP contribution in [0.3, 0.4) is 0 Å². The van der Waals surface area contributed by atoms with E-state index in [9.17, 15) is 0 Å². The lowest BCUT2D eigenvalue weighted by Crippen LogP contribution is -2.27. The first-order chi connectivity index (χ1) is 7.96. The van der Waals surface area contributed by atoms with Gasteiger partial charge in [-0.25, -0.2) is 0 Å². The SMILES string of the molecule is C=CCC(O[Si](C)(C)C)c1cccc(C#N)c1. The lowest BCUT2D eigenvalue weighted by atomic mass is 10.0. The van der Waals surface area contributed by atoms with Gasteiger partial charge in [-0.3, -0.25) is 0 Å². The topological polar surface area (TPSA) is 33.0 Å². The summed E-state index contributed by atoms with van der Waals surface area (Å²) in [6.07, 6.45) is 2.66. The molecule has 0 spiro atoms. The molecule has 0 saturated heterocycles. The summed E-state index contributed by atoms with van der Waals surface area (Å²) in [6, 6.07) is 9.77. The second-order valence-electron chi connectivity index (χ2n) is 4.98. The van der Waals surface area contributed by atoms with Gasteiger partial charge in [-0.05, 0) is 43.8 Å². The number of hydrogen-bond acceptors (Lipinski definition) is 2. The van der Waals surface area contributed by atoms with Crippen molar-refractivity contribution in [3.05, 3.63) is 48.0 Å². The molecule has 0 aliphatic carbocycles. The molecule has 0 radical (unpaired) electrons. The second kappa shape index (κ2) is 5.81. The van der Waals surface area contributed by atoms with E-state index in [4.69, 9.17) is 9.69 Å². The average Bonchev–Trinajstić information content (AvgIpc) is 2.27. The fourth-order valence-corrected chi connectivity index (χ4v) is 2.72. The highest BCUT2D eigenvalue weighted by molar-refractivity contribution is 6.69. The van der Waals surface area contributed by atoms with Crippen molar-refractivity contribution in [1.29, 1.82) is 5.26 Å². The van der Waals surface area contributed by atoms with E-state index in [0.29, 0.717) is 5.56 Å². The summed E-state index contributed by atoms with van der Waals surface area (Å²) < 4.78 is 6.12. The molecule has 2 nitrogen and oxygen atoms in total. The van der Waals surface area contributed by atoms with Crippen molar-refractivity contribution >= 4 is 8.32 Å². The van der Waals surface area contributed by atoms with E-state index < -0.39 is 8.32 Å². The van der Waals surface area contributed by atoms with Crippen LogP contribution in [0.25, 0.3) is 0 Å². The summed E-state index contributed by atoms with van der Waals surface area (Å²) in [5, 5.41) is 8.90. The van der Waals surface area contributed by atoms with Crippen LogP contribution in [0.2, 0.25) is 19.6 Å². The molecule has 0 aromatic heterocycles. The molecule has 1 aromatic carbocycles. The van der Waals surface area contributed by atoms with Crippen LogP contribution >= 0.6 is 0 Å². The maximum absolute atomic E-state index is 8.90. The molecule has 0 N–H and O–H groups in total. The maximum atomic E-state index is 8.90. The predicted molar refractivity (Wildman–Crippen MR) is 73.1 cm³/mol. The highest BCUT2D eigenvalue weighted by Gasteiger charge is 2.21. The predicted octanol–water partition coefficient (Wildman–Crippen LogP) is 4.03. The highest BCUT2D eigenvalue weighted by Crippen LogP contribution is 2.26. The van der Waals surface area contributed by atoms with E-state index in [1.54, 1.807) is 0 Å². The zero-order valence-electron chi connectivity index (χ0n) is 10.7. The summed E-state index contributed by atoms with van der Waals surface area (Å²) in [7, 11) is -1.60. The molecule has 17 heavy (non-hydrogen) atoms. The van der Waals surface area contributed by atoms with Gasteiger partial charge in [0.15, 0.2) is 8.32 Å². The minimum Gasteiger partial charge on any atom is -0.410 e. The van der Waals surface area contributed by atoms with Gasteiger partial charge in [0.05, 0.1) is 17.7 Å². The van der Waals surface area contributed by atoms with E-state index in [2.05, 4.69) is 32.3 Å². The Hall–Kier alpha value is -1.37. The van der Waals surface area contributed by atoms with Gasteiger partial charge >= 0.3 is 0 Å². The van der Waals surface area contributed by atoms with Crippen LogP contribution < -0.4 is 0 Å².